The van der Waals surface area contributed by atoms with E-state index in [4.69, 9.17) is 9.97 Å². The van der Waals surface area contributed by atoms with E-state index in [1.807, 2.05) is 88.6 Å². The second-order valence-corrected chi connectivity index (χ2v) is 17.0. The Hall–Kier alpha value is -7.52. The van der Waals surface area contributed by atoms with Crippen LogP contribution in [0, 0.1) is 25.5 Å². The van der Waals surface area contributed by atoms with Gasteiger partial charge in [0.1, 0.15) is 11.6 Å². The topological polar surface area (TPSA) is 119 Å². The van der Waals surface area contributed by atoms with Crippen molar-refractivity contribution in [1.29, 1.82) is 0 Å². The monoisotopic (exact) mass is 1270 g/mol. The Morgan fingerprint density at radius 3 is 1.30 bits per heavy atom. The van der Waals surface area contributed by atoms with Gasteiger partial charge in [-0.05, 0) is 72.7 Å². The Morgan fingerprint density at radius 1 is 0.443 bits per heavy atom. The van der Waals surface area contributed by atoms with Crippen molar-refractivity contribution in [3.63, 3.8) is 0 Å². The van der Waals surface area contributed by atoms with Gasteiger partial charge in [-0.25, -0.2) is 9.97 Å². The molecule has 0 amide bonds. The van der Waals surface area contributed by atoms with Crippen LogP contribution >= 0.6 is 0 Å². The summed E-state index contributed by atoms with van der Waals surface area (Å²) < 4.78 is 0. The number of hydrogen-bond donors (Lipinski definition) is 0. The summed E-state index contributed by atoms with van der Waals surface area (Å²) in [6, 6.07) is 57.1. The Labute approximate surface area is 434 Å². The number of fused-ring (bicyclic) bond motifs is 8. The molecule has 2 aliphatic heterocycles. The van der Waals surface area contributed by atoms with E-state index in [-0.39, 0.29) is 42.1 Å². The van der Waals surface area contributed by atoms with Crippen LogP contribution in [0.1, 0.15) is 45.0 Å². The van der Waals surface area contributed by atoms with Crippen LogP contribution in [0.15, 0.2) is 183 Å². The number of hydrogen-bond acceptors (Lipinski definition) is 10. The maximum atomic E-state index is 4.91. The van der Waals surface area contributed by atoms with Gasteiger partial charge in [0.15, 0.2) is 0 Å². The molecule has 4 aliphatic rings. The summed E-state index contributed by atoms with van der Waals surface area (Å²) in [5.41, 5.74) is 14.8. The molecule has 4 aromatic carbocycles. The zero-order valence-corrected chi connectivity index (χ0v) is 42.0. The van der Waals surface area contributed by atoms with Crippen molar-refractivity contribution in [2.24, 2.45) is 0 Å². The van der Waals surface area contributed by atoms with Crippen molar-refractivity contribution < 1.29 is 42.1 Å². The molecule has 0 bridgehead atoms. The second kappa shape index (κ2) is 17.8. The molecule has 0 saturated carbocycles. The van der Waals surface area contributed by atoms with Crippen LogP contribution in [0.2, 0.25) is 0 Å². The number of benzene rings is 4. The molecule has 14 heteroatoms. The molecule has 0 fully saturated rings. The van der Waals surface area contributed by atoms with Crippen LogP contribution in [0.25, 0.3) is 22.3 Å². The molecule has 348 valence electrons. The summed E-state index contributed by atoms with van der Waals surface area (Å²) in [5, 5.41) is 17.5. The molecular formula is C56H38N12Pt2-6. The maximum absolute atomic E-state index is 4.91. The number of aromatic nitrogens is 8. The fourth-order valence-electron chi connectivity index (χ4n) is 10.7. The first-order valence-electron chi connectivity index (χ1n) is 22.3. The largest absolute Gasteiger partial charge is 0.581 e. The Balaban J connectivity index is 0.000000148. The van der Waals surface area contributed by atoms with E-state index in [1.54, 1.807) is 12.4 Å². The maximum Gasteiger partial charge on any atom is 0.124 e. The van der Waals surface area contributed by atoms with Crippen molar-refractivity contribution in [1.82, 2.24) is 40.3 Å². The first-order valence-corrected chi connectivity index (χ1v) is 22.3. The Bertz CT molecular complexity index is 3200. The van der Waals surface area contributed by atoms with Gasteiger partial charge < -0.3 is 40.0 Å². The van der Waals surface area contributed by atoms with Crippen LogP contribution in [-0.4, -0.2) is 44.2 Å². The van der Waals surface area contributed by atoms with Crippen LogP contribution in [0.5, 0.6) is 0 Å². The third-order valence-electron chi connectivity index (χ3n) is 13.5. The predicted molar refractivity (Wildman–Crippen MR) is 261 cm³/mol. The third-order valence-corrected chi connectivity index (χ3v) is 13.5. The van der Waals surface area contributed by atoms with Gasteiger partial charge in [-0.2, -0.15) is 74.3 Å². The summed E-state index contributed by atoms with van der Waals surface area (Å²) in [5.74, 6) is 1.76. The van der Waals surface area contributed by atoms with E-state index in [0.717, 1.165) is 102 Å². The quantitative estimate of drug-likeness (QED) is 0.148. The van der Waals surface area contributed by atoms with E-state index < -0.39 is 10.8 Å². The van der Waals surface area contributed by atoms with Crippen LogP contribution in [0.3, 0.4) is 0 Å². The van der Waals surface area contributed by atoms with Crippen LogP contribution in [0.4, 0.5) is 34.4 Å². The summed E-state index contributed by atoms with van der Waals surface area (Å²) >= 11 is 0. The first-order chi connectivity index (χ1) is 33.6. The van der Waals surface area contributed by atoms with Crippen molar-refractivity contribution in [2.45, 2.75) is 10.8 Å². The van der Waals surface area contributed by atoms with E-state index in [2.05, 4.69) is 171 Å². The fraction of sp³-hybridized carbons (Fsp3) is 0.0714. The summed E-state index contributed by atoms with van der Waals surface area (Å²) in [7, 11) is 4.05. The molecule has 2 unspecified atom stereocenters. The Kier molecular flexibility index (Phi) is 11.4. The van der Waals surface area contributed by atoms with E-state index in [1.165, 1.54) is 0 Å². The third kappa shape index (κ3) is 6.57. The van der Waals surface area contributed by atoms with Gasteiger partial charge in [0, 0.05) is 101 Å². The van der Waals surface area contributed by atoms with Crippen LogP contribution < -0.4 is 29.8 Å². The van der Waals surface area contributed by atoms with Gasteiger partial charge in [0.2, 0.25) is 0 Å². The number of nitrogens with zero attached hydrogens (tertiary/aromatic N) is 12. The molecule has 0 radical (unpaired) electrons. The average molecular weight is 1270 g/mol. The standard InChI is InChI=1S/2C28H19N6.2Pt/c2*1-33-18-34(27-24(33)12-6-15-30-27)20-8-4-7-19(17-20)28(25-13-16-31-32-25)23-11-3-2-9-21(23)22-10-5-14-29-26(22)28;;/h2*2-16,18H,1H3;;/q2*-3;;. The van der Waals surface area contributed by atoms with Crippen molar-refractivity contribution >= 4 is 34.4 Å². The zero-order chi connectivity index (χ0) is 45.4. The molecule has 0 saturated heterocycles. The minimum absolute atomic E-state index is 0. The number of anilines is 6. The molecule has 8 heterocycles. The molecule has 2 atom stereocenters. The Morgan fingerprint density at radius 2 is 0.857 bits per heavy atom. The predicted octanol–water partition coefficient (Wildman–Crippen LogP) is 9.39. The molecule has 0 spiro atoms. The van der Waals surface area contributed by atoms with E-state index in [0.29, 0.717) is 0 Å². The minimum Gasteiger partial charge on any atom is -0.581 e. The molecule has 10 aromatic rings. The summed E-state index contributed by atoms with van der Waals surface area (Å²) in [6.45, 7) is 4.08. The molecule has 6 aromatic heterocycles. The minimum atomic E-state index is -0.710. The normalized spacial score (nSPS) is 17.5. The van der Waals surface area contributed by atoms with Gasteiger partial charge in [-0.3, -0.25) is 9.97 Å². The smallest absolute Gasteiger partial charge is 0.124 e. The van der Waals surface area contributed by atoms with Gasteiger partial charge in [0.25, 0.3) is 0 Å². The second-order valence-electron chi connectivity index (χ2n) is 17.0. The number of pyridine rings is 4. The molecule has 14 rings (SSSR count). The summed E-state index contributed by atoms with van der Waals surface area (Å²) in [4.78, 5) is 27.4. The molecule has 0 N–H and O–H groups in total. The molecule has 2 aliphatic carbocycles. The van der Waals surface area contributed by atoms with E-state index in [9.17, 15) is 0 Å². The fourth-order valence-corrected chi connectivity index (χ4v) is 10.7. The van der Waals surface area contributed by atoms with E-state index >= 15 is 0 Å². The van der Waals surface area contributed by atoms with Crippen molar-refractivity contribution in [3.8, 4) is 22.3 Å². The molecule has 70 heavy (non-hydrogen) atoms. The van der Waals surface area contributed by atoms with Crippen molar-refractivity contribution in [3.05, 3.63) is 253 Å². The van der Waals surface area contributed by atoms with Crippen molar-refractivity contribution in [2.75, 3.05) is 33.7 Å². The van der Waals surface area contributed by atoms with Gasteiger partial charge >= 0.3 is 0 Å². The first kappa shape index (κ1) is 45.0. The van der Waals surface area contributed by atoms with Gasteiger partial charge in [-0.1, -0.05) is 72.8 Å². The average Bonchev–Trinajstić information content (AvgIpc) is 4.28. The number of rotatable bonds is 6. The van der Waals surface area contributed by atoms with Gasteiger partial charge in [-0.15, -0.1) is 22.5 Å². The van der Waals surface area contributed by atoms with Crippen LogP contribution in [-0.2, 0) is 53.0 Å². The van der Waals surface area contributed by atoms with Gasteiger partial charge in [0.05, 0.1) is 22.2 Å². The zero-order valence-electron chi connectivity index (χ0n) is 37.5. The SMILES string of the molecule is CN1[CH-]N(c2[c-]c(C3(c4cc[n-]n4)c4ccccc4-c4cccnc43)ccc2)c2ncccc21.CN1[CH-]N(c2[c-]c(C3(c4cc[n-]n4)c4ccccc4-c4cccnc43)ccc2)c2ncccc21.[Pt].[Pt]. The summed E-state index contributed by atoms with van der Waals surface area (Å²) in [6.07, 6.45) is 10.8. The molecule has 12 nitrogen and oxygen atoms in total. The molecular weight excluding hydrogens is 1230 g/mol.